The van der Waals surface area contributed by atoms with E-state index in [-0.39, 0.29) is 19.2 Å². The fourth-order valence-corrected chi connectivity index (χ4v) is 1.60. The molecule has 1 aliphatic heterocycles. The fourth-order valence-electron chi connectivity index (χ4n) is 1.49. The number of ether oxygens (including phenoxy) is 3. The third-order valence-corrected chi connectivity index (χ3v) is 2.33. The molecule has 1 saturated heterocycles. The first kappa shape index (κ1) is 15.0. The molecule has 1 amide bonds. The molecular weight excluding hydrogens is 262 g/mol. The van der Waals surface area contributed by atoms with Crippen LogP contribution >= 0.6 is 11.6 Å². The number of nitrogens with zero attached hydrogens (tertiary/aromatic N) is 1. The maximum atomic E-state index is 11.9. The van der Waals surface area contributed by atoms with Crippen LogP contribution in [0.3, 0.4) is 0 Å². The fraction of sp³-hybridized carbons (Fsp3) is 0.818. The number of carbonyl (C=O) groups excluding carboxylic acids is 2. The van der Waals surface area contributed by atoms with E-state index >= 15 is 0 Å². The first-order valence-corrected chi connectivity index (χ1v) is 6.18. The van der Waals surface area contributed by atoms with E-state index in [2.05, 4.69) is 4.74 Å². The van der Waals surface area contributed by atoms with Crippen molar-refractivity contribution < 1.29 is 23.8 Å². The zero-order valence-electron chi connectivity index (χ0n) is 10.8. The Morgan fingerprint density at radius 2 is 2.11 bits per heavy atom. The van der Waals surface area contributed by atoms with Crippen LogP contribution in [0.4, 0.5) is 4.79 Å². The van der Waals surface area contributed by atoms with Crippen molar-refractivity contribution in [1.29, 1.82) is 0 Å². The van der Waals surface area contributed by atoms with Gasteiger partial charge in [0.05, 0.1) is 13.2 Å². The Morgan fingerprint density at radius 1 is 1.44 bits per heavy atom. The van der Waals surface area contributed by atoms with Crippen LogP contribution in [0.25, 0.3) is 0 Å². The monoisotopic (exact) mass is 279 g/mol. The van der Waals surface area contributed by atoms with Crippen LogP contribution in [0.15, 0.2) is 0 Å². The normalized spacial score (nSPS) is 20.4. The number of rotatable bonds is 2. The molecule has 0 aliphatic carbocycles. The molecule has 18 heavy (non-hydrogen) atoms. The second-order valence-corrected chi connectivity index (χ2v) is 5.06. The highest BCUT2D eigenvalue weighted by molar-refractivity contribution is 6.17. The largest absolute Gasteiger partial charge is 0.448 e. The number of carbonyl (C=O) groups is 2. The van der Waals surface area contributed by atoms with E-state index in [0.717, 1.165) is 0 Å². The molecule has 0 N–H and O–H groups in total. The summed E-state index contributed by atoms with van der Waals surface area (Å²) in [5.41, 5.74) is -0.615. The summed E-state index contributed by atoms with van der Waals surface area (Å²) in [5, 5.41) is 0. The smallest absolute Gasteiger partial charge is 0.411 e. The minimum absolute atomic E-state index is 0.0922. The predicted octanol–water partition coefficient (Wildman–Crippen LogP) is 1.36. The van der Waals surface area contributed by atoms with Crippen molar-refractivity contribution in [1.82, 2.24) is 4.90 Å². The number of hydrogen-bond donors (Lipinski definition) is 0. The molecule has 1 rings (SSSR count). The van der Waals surface area contributed by atoms with Gasteiger partial charge in [-0.25, -0.2) is 9.59 Å². The van der Waals surface area contributed by atoms with E-state index in [0.29, 0.717) is 6.61 Å². The van der Waals surface area contributed by atoms with Crippen LogP contribution < -0.4 is 0 Å². The zero-order valence-corrected chi connectivity index (χ0v) is 11.5. The minimum Gasteiger partial charge on any atom is -0.448 e. The average Bonchev–Trinajstić information content (AvgIpc) is 2.27. The van der Waals surface area contributed by atoms with Gasteiger partial charge < -0.3 is 14.2 Å². The van der Waals surface area contributed by atoms with E-state index in [1.54, 1.807) is 20.8 Å². The van der Waals surface area contributed by atoms with E-state index in [9.17, 15) is 9.59 Å². The van der Waals surface area contributed by atoms with Crippen LogP contribution in [0.5, 0.6) is 0 Å². The van der Waals surface area contributed by atoms with Crippen molar-refractivity contribution in [2.24, 2.45) is 0 Å². The van der Waals surface area contributed by atoms with Gasteiger partial charge in [0.25, 0.3) is 0 Å². The molecule has 104 valence electrons. The quantitative estimate of drug-likeness (QED) is 0.564. The van der Waals surface area contributed by atoms with Crippen LogP contribution in [0.2, 0.25) is 0 Å². The average molecular weight is 280 g/mol. The van der Waals surface area contributed by atoms with Gasteiger partial charge in [0.15, 0.2) is 12.1 Å². The maximum Gasteiger partial charge on any atom is 0.411 e. The molecule has 0 unspecified atom stereocenters. The predicted molar refractivity (Wildman–Crippen MR) is 64.4 cm³/mol. The van der Waals surface area contributed by atoms with Gasteiger partial charge in [0, 0.05) is 6.54 Å². The molecule has 0 saturated carbocycles. The van der Waals surface area contributed by atoms with Gasteiger partial charge in [0.2, 0.25) is 0 Å². The van der Waals surface area contributed by atoms with E-state index < -0.39 is 23.7 Å². The lowest BCUT2D eigenvalue weighted by molar-refractivity contribution is -0.153. The number of morpholine rings is 1. The lowest BCUT2D eigenvalue weighted by atomic mass is 10.2. The molecule has 6 nitrogen and oxygen atoms in total. The third kappa shape index (κ3) is 4.34. The van der Waals surface area contributed by atoms with Crippen LogP contribution in [0.1, 0.15) is 20.8 Å². The molecule has 7 heteroatoms. The zero-order chi connectivity index (χ0) is 13.8. The first-order valence-electron chi connectivity index (χ1n) is 5.65. The highest BCUT2D eigenvalue weighted by Crippen LogP contribution is 2.15. The molecule has 1 fully saturated rings. The maximum absolute atomic E-state index is 11.9. The number of amides is 1. The van der Waals surface area contributed by atoms with Gasteiger partial charge in [-0.1, -0.05) is 11.6 Å². The highest BCUT2D eigenvalue weighted by Gasteiger charge is 2.36. The standard InChI is InChI=1S/C11H18ClNO5/c1-11(2,3)18-10(15)13-4-5-16-6-8(13)9(14)17-7-12/h8H,4-7H2,1-3H3/t8-/m0/s1. The Hall–Kier alpha value is -1.01. The van der Waals surface area contributed by atoms with Gasteiger partial charge in [-0.3, -0.25) is 4.90 Å². The second kappa shape index (κ2) is 6.24. The Balaban J connectivity index is 2.70. The molecule has 1 atom stereocenters. The highest BCUT2D eigenvalue weighted by atomic mass is 35.5. The lowest BCUT2D eigenvalue weighted by Gasteiger charge is -2.34. The SMILES string of the molecule is CC(C)(C)OC(=O)N1CCOC[C@H]1C(=O)OCCl. The van der Waals surface area contributed by atoms with Gasteiger partial charge in [-0.15, -0.1) is 0 Å². The summed E-state index contributed by atoms with van der Waals surface area (Å²) in [4.78, 5) is 24.9. The lowest BCUT2D eigenvalue weighted by Crippen LogP contribution is -2.54. The molecule has 0 radical (unpaired) electrons. The molecule has 1 aliphatic rings. The van der Waals surface area contributed by atoms with Crippen molar-refractivity contribution in [2.75, 3.05) is 25.8 Å². The molecule has 0 aromatic carbocycles. The Labute approximate surface area is 111 Å². The van der Waals surface area contributed by atoms with Gasteiger partial charge in [0.1, 0.15) is 5.60 Å². The van der Waals surface area contributed by atoms with Gasteiger partial charge in [-0.05, 0) is 20.8 Å². The van der Waals surface area contributed by atoms with E-state index in [1.165, 1.54) is 4.90 Å². The van der Waals surface area contributed by atoms with Gasteiger partial charge >= 0.3 is 12.1 Å². The number of esters is 1. The third-order valence-electron chi connectivity index (χ3n) is 2.23. The molecular formula is C11H18ClNO5. The summed E-state index contributed by atoms with van der Waals surface area (Å²) in [7, 11) is 0. The van der Waals surface area contributed by atoms with Crippen LogP contribution in [-0.4, -0.2) is 54.4 Å². The number of alkyl halides is 1. The van der Waals surface area contributed by atoms with Crippen molar-refractivity contribution in [3.8, 4) is 0 Å². The van der Waals surface area contributed by atoms with Crippen molar-refractivity contribution in [3.63, 3.8) is 0 Å². The summed E-state index contributed by atoms with van der Waals surface area (Å²) in [6, 6.07) is -1.05. The van der Waals surface area contributed by atoms with Crippen LogP contribution in [-0.2, 0) is 19.0 Å². The summed E-state index contributed by atoms with van der Waals surface area (Å²) >= 11 is 5.33. The van der Waals surface area contributed by atoms with Crippen molar-refractivity contribution in [2.45, 2.75) is 32.4 Å². The van der Waals surface area contributed by atoms with Gasteiger partial charge in [-0.2, -0.15) is 0 Å². The Morgan fingerprint density at radius 3 is 2.67 bits per heavy atom. The van der Waals surface area contributed by atoms with Crippen LogP contribution in [0, 0.1) is 0 Å². The molecule has 0 aromatic heterocycles. The summed E-state index contributed by atoms with van der Waals surface area (Å²) in [5.74, 6) is -0.587. The first-order chi connectivity index (χ1) is 8.35. The Bertz CT molecular complexity index is 315. The molecule has 0 spiro atoms. The molecule has 0 aromatic rings. The van der Waals surface area contributed by atoms with E-state index in [4.69, 9.17) is 21.1 Å². The molecule has 1 heterocycles. The number of halogens is 1. The molecule has 0 bridgehead atoms. The summed E-state index contributed by atoms with van der Waals surface area (Å²) in [6.45, 7) is 6.03. The number of hydrogen-bond acceptors (Lipinski definition) is 5. The second-order valence-electron chi connectivity index (χ2n) is 4.84. The topological polar surface area (TPSA) is 65.1 Å². The van der Waals surface area contributed by atoms with E-state index in [1.807, 2.05) is 0 Å². The van der Waals surface area contributed by atoms with Crippen molar-refractivity contribution >= 4 is 23.7 Å². The summed E-state index contributed by atoms with van der Waals surface area (Å²) < 4.78 is 15.1. The summed E-state index contributed by atoms with van der Waals surface area (Å²) in [6.07, 6.45) is -0.553. The van der Waals surface area contributed by atoms with Crippen molar-refractivity contribution in [3.05, 3.63) is 0 Å². The minimum atomic E-state index is -0.799. The Kier molecular flexibility index (Phi) is 5.22.